The highest BCUT2D eigenvalue weighted by atomic mass is 32.2. The number of amides is 1. The van der Waals surface area contributed by atoms with Gasteiger partial charge in [-0.3, -0.25) is 10.1 Å². The molecule has 2 aromatic heterocycles. The van der Waals surface area contributed by atoms with E-state index in [1.165, 1.54) is 39.8 Å². The number of nitrogens with one attached hydrogen (secondary N) is 1. The highest BCUT2D eigenvalue weighted by Crippen LogP contribution is 2.27. The second-order valence-electron chi connectivity index (χ2n) is 5.87. The molecule has 0 saturated carbocycles. The van der Waals surface area contributed by atoms with Gasteiger partial charge in [-0.25, -0.2) is 4.98 Å². The maximum Gasteiger partial charge on any atom is 0.236 e. The van der Waals surface area contributed by atoms with Crippen LogP contribution in [-0.2, 0) is 11.2 Å². The first-order valence-corrected chi connectivity index (χ1v) is 9.90. The molecule has 1 aromatic carbocycles. The third-order valence-corrected chi connectivity index (χ3v) is 5.95. The van der Waals surface area contributed by atoms with Gasteiger partial charge in [-0.2, -0.15) is 0 Å². The molecular formula is C18H20N4OS2. The molecule has 0 saturated heterocycles. The van der Waals surface area contributed by atoms with E-state index in [1.54, 1.807) is 0 Å². The quantitative estimate of drug-likeness (QED) is 0.676. The van der Waals surface area contributed by atoms with Crippen LogP contribution in [0.25, 0.3) is 10.9 Å². The van der Waals surface area contributed by atoms with Crippen LogP contribution in [-0.4, -0.2) is 26.8 Å². The number of hydrogen-bond acceptors (Lipinski definition) is 6. The molecule has 0 spiro atoms. The van der Waals surface area contributed by atoms with Gasteiger partial charge in [0.2, 0.25) is 11.0 Å². The van der Waals surface area contributed by atoms with Gasteiger partial charge in [0.15, 0.2) is 0 Å². The minimum atomic E-state index is -0.0932. The average Bonchev–Trinajstić information content (AvgIpc) is 3.04. The van der Waals surface area contributed by atoms with Gasteiger partial charge in [0, 0.05) is 5.39 Å². The Labute approximate surface area is 155 Å². The van der Waals surface area contributed by atoms with E-state index in [0.29, 0.717) is 10.9 Å². The summed E-state index contributed by atoms with van der Waals surface area (Å²) in [5, 5.41) is 14.3. The second-order valence-corrected chi connectivity index (χ2v) is 7.93. The molecule has 3 rings (SSSR count). The first-order valence-electron chi connectivity index (χ1n) is 8.10. The fourth-order valence-corrected chi connectivity index (χ4v) is 3.95. The fraction of sp³-hybridized carbons (Fsp3) is 0.333. The molecular weight excluding hydrogens is 352 g/mol. The van der Waals surface area contributed by atoms with Crippen molar-refractivity contribution in [1.82, 2.24) is 15.2 Å². The lowest BCUT2D eigenvalue weighted by Gasteiger charge is -2.10. The highest BCUT2D eigenvalue weighted by molar-refractivity contribution is 7.99. The lowest BCUT2D eigenvalue weighted by atomic mass is 10.0. The summed E-state index contributed by atoms with van der Waals surface area (Å²) in [7, 11) is 0. The van der Waals surface area contributed by atoms with Crippen molar-refractivity contribution in [2.45, 2.75) is 39.1 Å². The smallest absolute Gasteiger partial charge is 0.236 e. The molecule has 7 heteroatoms. The number of rotatable bonds is 5. The molecule has 0 fully saturated rings. The van der Waals surface area contributed by atoms with Crippen molar-refractivity contribution in [2.75, 3.05) is 11.1 Å². The number of thioether (sulfide) groups is 1. The van der Waals surface area contributed by atoms with E-state index >= 15 is 0 Å². The molecule has 2 heterocycles. The molecule has 0 unspecified atom stereocenters. The van der Waals surface area contributed by atoms with Crippen molar-refractivity contribution in [1.29, 1.82) is 0 Å². The molecule has 130 valence electrons. The molecule has 0 atom stereocenters. The number of nitrogens with zero attached hydrogens (tertiary/aromatic N) is 3. The van der Waals surface area contributed by atoms with Crippen molar-refractivity contribution in [2.24, 2.45) is 0 Å². The number of anilines is 1. The summed E-state index contributed by atoms with van der Waals surface area (Å²) in [6.07, 6.45) is 0.821. The van der Waals surface area contributed by atoms with Crippen LogP contribution in [0.3, 0.4) is 0 Å². The van der Waals surface area contributed by atoms with Crippen molar-refractivity contribution in [3.8, 4) is 0 Å². The Kier molecular flexibility index (Phi) is 5.34. The van der Waals surface area contributed by atoms with Gasteiger partial charge in [0.1, 0.15) is 5.01 Å². The first-order chi connectivity index (χ1) is 12.0. The molecule has 0 bridgehead atoms. The average molecular weight is 373 g/mol. The second kappa shape index (κ2) is 7.49. The molecule has 1 N–H and O–H groups in total. The number of carbonyl (C=O) groups is 1. The van der Waals surface area contributed by atoms with Crippen LogP contribution in [0, 0.1) is 20.8 Å². The van der Waals surface area contributed by atoms with Gasteiger partial charge < -0.3 is 0 Å². The number of benzene rings is 1. The van der Waals surface area contributed by atoms with Gasteiger partial charge in [-0.15, -0.1) is 10.2 Å². The summed E-state index contributed by atoms with van der Waals surface area (Å²) >= 11 is 2.85. The van der Waals surface area contributed by atoms with E-state index in [-0.39, 0.29) is 5.91 Å². The predicted molar refractivity (Wildman–Crippen MR) is 105 cm³/mol. The summed E-state index contributed by atoms with van der Waals surface area (Å²) in [5.41, 5.74) is 4.60. The summed E-state index contributed by atoms with van der Waals surface area (Å²) < 4.78 is 0. The van der Waals surface area contributed by atoms with Crippen molar-refractivity contribution in [3.05, 3.63) is 39.9 Å². The Morgan fingerprint density at radius 2 is 2.00 bits per heavy atom. The lowest BCUT2D eigenvalue weighted by Crippen LogP contribution is -2.14. The maximum absolute atomic E-state index is 12.1. The number of carbonyl (C=O) groups excluding carboxylic acids is 1. The van der Waals surface area contributed by atoms with Crippen LogP contribution in [0.15, 0.2) is 23.2 Å². The zero-order valence-electron chi connectivity index (χ0n) is 14.7. The maximum atomic E-state index is 12.1. The molecule has 0 aliphatic rings. The third-order valence-electron chi connectivity index (χ3n) is 4.06. The molecule has 1 amide bonds. The lowest BCUT2D eigenvalue weighted by molar-refractivity contribution is -0.113. The highest BCUT2D eigenvalue weighted by Gasteiger charge is 2.11. The fourth-order valence-electron chi connectivity index (χ4n) is 2.48. The van der Waals surface area contributed by atoms with Gasteiger partial charge in [0.25, 0.3) is 0 Å². The van der Waals surface area contributed by atoms with Crippen LogP contribution >= 0.6 is 23.1 Å². The van der Waals surface area contributed by atoms with Crippen LogP contribution in [0.1, 0.15) is 28.6 Å². The number of pyridine rings is 1. The Hall–Kier alpha value is -1.99. The van der Waals surface area contributed by atoms with E-state index in [1.807, 2.05) is 13.0 Å². The summed E-state index contributed by atoms with van der Waals surface area (Å²) in [4.78, 5) is 16.9. The van der Waals surface area contributed by atoms with Crippen LogP contribution < -0.4 is 5.32 Å². The minimum absolute atomic E-state index is 0.0932. The van der Waals surface area contributed by atoms with Gasteiger partial charge >= 0.3 is 0 Å². The van der Waals surface area contributed by atoms with Crippen molar-refractivity contribution < 1.29 is 4.79 Å². The molecule has 0 aliphatic heterocycles. The predicted octanol–water partition coefficient (Wildman–Crippen LogP) is 4.30. The Balaban J connectivity index is 1.72. The zero-order valence-corrected chi connectivity index (χ0v) is 16.3. The number of aryl methyl sites for hydroxylation is 4. The number of aromatic nitrogens is 3. The van der Waals surface area contributed by atoms with Gasteiger partial charge in [-0.05, 0) is 49.9 Å². The van der Waals surface area contributed by atoms with E-state index in [0.717, 1.165) is 27.4 Å². The molecule has 0 aliphatic carbocycles. The summed E-state index contributed by atoms with van der Waals surface area (Å²) in [6, 6.07) is 6.27. The molecule has 0 radical (unpaired) electrons. The van der Waals surface area contributed by atoms with Crippen molar-refractivity contribution >= 4 is 45.0 Å². The number of hydrogen-bond donors (Lipinski definition) is 1. The van der Waals surface area contributed by atoms with Crippen molar-refractivity contribution in [3.63, 3.8) is 0 Å². The summed E-state index contributed by atoms with van der Waals surface area (Å²) in [6.45, 7) is 8.27. The Bertz CT molecular complexity index is 936. The molecule has 5 nitrogen and oxygen atoms in total. The standard InChI is InChI=1S/C18H20N4OS2/c1-5-15-21-22-18(25-15)19-14(23)9-24-16-8-11(3)13-7-6-10(2)12(4)17(13)20-16/h6-8H,5,9H2,1-4H3,(H,19,22,23). The molecule has 3 aromatic rings. The molecule has 25 heavy (non-hydrogen) atoms. The third kappa shape index (κ3) is 3.99. The summed E-state index contributed by atoms with van der Waals surface area (Å²) in [5.74, 6) is 0.202. The SMILES string of the molecule is CCc1nnc(NC(=O)CSc2cc(C)c3ccc(C)c(C)c3n2)s1. The van der Waals surface area contributed by atoms with Gasteiger partial charge in [0.05, 0.1) is 16.3 Å². The van der Waals surface area contributed by atoms with Crippen LogP contribution in [0.2, 0.25) is 0 Å². The monoisotopic (exact) mass is 372 g/mol. The Morgan fingerprint density at radius 1 is 1.20 bits per heavy atom. The van der Waals surface area contributed by atoms with Gasteiger partial charge in [-0.1, -0.05) is 42.2 Å². The minimum Gasteiger partial charge on any atom is -0.300 e. The van der Waals surface area contributed by atoms with E-state index in [4.69, 9.17) is 4.98 Å². The Morgan fingerprint density at radius 3 is 2.72 bits per heavy atom. The topological polar surface area (TPSA) is 67.8 Å². The van der Waals surface area contributed by atoms with E-state index < -0.39 is 0 Å². The van der Waals surface area contributed by atoms with E-state index in [2.05, 4.69) is 48.4 Å². The largest absolute Gasteiger partial charge is 0.300 e. The van der Waals surface area contributed by atoms with Crippen LogP contribution in [0.4, 0.5) is 5.13 Å². The van der Waals surface area contributed by atoms with E-state index in [9.17, 15) is 4.79 Å². The number of fused-ring (bicyclic) bond motifs is 1. The first kappa shape index (κ1) is 17.8. The van der Waals surface area contributed by atoms with Crippen LogP contribution in [0.5, 0.6) is 0 Å². The zero-order chi connectivity index (χ0) is 18.0. The normalized spacial score (nSPS) is 11.0.